The molecule has 3 rings (SSSR count). The second kappa shape index (κ2) is 5.39. The van der Waals surface area contributed by atoms with E-state index in [1.54, 1.807) is 0 Å². The van der Waals surface area contributed by atoms with Gasteiger partial charge >= 0.3 is 5.69 Å². The van der Waals surface area contributed by atoms with E-state index in [0.717, 1.165) is 0 Å². The second-order valence-corrected chi connectivity index (χ2v) is 13.0. The lowest BCUT2D eigenvalue weighted by molar-refractivity contribution is -0.0961. The summed E-state index contributed by atoms with van der Waals surface area (Å²) in [5.41, 5.74) is -0.906. The highest BCUT2D eigenvalue weighted by Crippen LogP contribution is 2.52. The van der Waals surface area contributed by atoms with Gasteiger partial charge in [-0.3, -0.25) is 14.3 Å². The fourth-order valence-corrected chi connectivity index (χ4v) is 4.24. The first-order valence-corrected chi connectivity index (χ1v) is 11.2. The lowest BCUT2D eigenvalue weighted by atomic mass is 10.0. The number of hydrogen-bond acceptors (Lipinski definition) is 5. The molecule has 2 saturated heterocycles. The third-order valence-electron chi connectivity index (χ3n) is 5.46. The van der Waals surface area contributed by atoms with Crippen molar-refractivity contribution in [3.05, 3.63) is 33.1 Å². The number of H-pyrrole nitrogens is 1. The van der Waals surface area contributed by atoms with E-state index in [9.17, 15) is 9.59 Å². The van der Waals surface area contributed by atoms with E-state index < -0.39 is 31.6 Å². The van der Waals surface area contributed by atoms with Crippen molar-refractivity contribution in [1.82, 2.24) is 9.55 Å². The molecule has 134 valence electrons. The van der Waals surface area contributed by atoms with Crippen LogP contribution in [0.25, 0.3) is 0 Å². The Labute approximate surface area is 142 Å². The van der Waals surface area contributed by atoms with E-state index in [-0.39, 0.29) is 17.1 Å². The number of aromatic amines is 1. The summed E-state index contributed by atoms with van der Waals surface area (Å²) in [6.45, 7) is 13.4. The standard InChI is InChI=1S/C16H26N2O5Si/c1-10-12(23-24(5,6)15(2,3)4)16(9-21-16)22-13(10)18-8-7-11(19)17-14(18)20/h7-8,10,12-13H,9H2,1-6H3,(H,17,19,20)/t10-,12-,13+,16-/m0/s1. The zero-order valence-electron chi connectivity index (χ0n) is 15.1. The van der Waals surface area contributed by atoms with Crippen molar-refractivity contribution in [2.24, 2.45) is 5.92 Å². The molecule has 0 radical (unpaired) electrons. The Hall–Kier alpha value is -1.22. The summed E-state index contributed by atoms with van der Waals surface area (Å²) in [4.78, 5) is 25.7. The third-order valence-corrected chi connectivity index (χ3v) is 9.92. The summed E-state index contributed by atoms with van der Waals surface area (Å²) in [5.74, 6) is -0.847. The molecule has 2 aliphatic rings. The van der Waals surface area contributed by atoms with Crippen LogP contribution >= 0.6 is 0 Å². The average Bonchev–Trinajstić information content (AvgIpc) is 3.17. The van der Waals surface area contributed by atoms with Crippen LogP contribution in [0.5, 0.6) is 0 Å². The Morgan fingerprint density at radius 3 is 2.50 bits per heavy atom. The van der Waals surface area contributed by atoms with E-state index in [1.165, 1.54) is 16.8 Å². The van der Waals surface area contributed by atoms with Crippen LogP contribution in [0, 0.1) is 5.92 Å². The highest BCUT2D eigenvalue weighted by atomic mass is 28.4. The van der Waals surface area contributed by atoms with Gasteiger partial charge in [-0.1, -0.05) is 27.7 Å². The van der Waals surface area contributed by atoms with E-state index in [1.807, 2.05) is 6.92 Å². The van der Waals surface area contributed by atoms with Gasteiger partial charge in [-0.2, -0.15) is 0 Å². The Morgan fingerprint density at radius 1 is 1.38 bits per heavy atom. The summed E-state index contributed by atoms with van der Waals surface area (Å²) >= 11 is 0. The van der Waals surface area contributed by atoms with Crippen LogP contribution < -0.4 is 11.2 Å². The van der Waals surface area contributed by atoms with Gasteiger partial charge in [-0.15, -0.1) is 0 Å². The van der Waals surface area contributed by atoms with Gasteiger partial charge in [0.05, 0.1) is 0 Å². The molecular formula is C16H26N2O5Si. The SMILES string of the molecule is C[C@@H]1[C@H](n2ccc(=O)[nH]c2=O)O[C@@]2(CO2)[C@H]1O[Si](C)(C)C(C)(C)C. The van der Waals surface area contributed by atoms with Crippen molar-refractivity contribution in [3.8, 4) is 0 Å². The van der Waals surface area contributed by atoms with E-state index >= 15 is 0 Å². The molecule has 2 aliphatic heterocycles. The summed E-state index contributed by atoms with van der Waals surface area (Å²) in [6.07, 6.45) is 0.710. The van der Waals surface area contributed by atoms with Crippen LogP contribution in [0.1, 0.15) is 33.9 Å². The second-order valence-electron chi connectivity index (χ2n) is 8.28. The average molecular weight is 354 g/mol. The number of nitrogens with one attached hydrogen (secondary N) is 1. The molecule has 4 atom stereocenters. The molecule has 0 aromatic carbocycles. The first-order valence-electron chi connectivity index (χ1n) is 8.28. The molecule has 1 aromatic rings. The summed E-state index contributed by atoms with van der Waals surface area (Å²) in [5, 5.41) is 0.0652. The minimum atomic E-state index is -2.02. The lowest BCUT2D eigenvalue weighted by Gasteiger charge is -2.39. The highest BCUT2D eigenvalue weighted by molar-refractivity contribution is 6.74. The lowest BCUT2D eigenvalue weighted by Crippen LogP contribution is -2.48. The van der Waals surface area contributed by atoms with Crippen molar-refractivity contribution in [2.75, 3.05) is 6.61 Å². The van der Waals surface area contributed by atoms with Crippen LogP contribution in [-0.2, 0) is 13.9 Å². The molecule has 0 unspecified atom stereocenters. The molecule has 0 saturated carbocycles. The maximum absolute atomic E-state index is 12.1. The monoisotopic (exact) mass is 354 g/mol. The van der Waals surface area contributed by atoms with E-state index in [4.69, 9.17) is 13.9 Å². The van der Waals surface area contributed by atoms with Crippen molar-refractivity contribution in [1.29, 1.82) is 0 Å². The number of hydrogen-bond donors (Lipinski definition) is 1. The minimum absolute atomic E-state index is 0.0652. The molecule has 24 heavy (non-hydrogen) atoms. The first-order chi connectivity index (χ1) is 11.0. The van der Waals surface area contributed by atoms with Gasteiger partial charge in [-0.25, -0.2) is 4.79 Å². The van der Waals surface area contributed by atoms with Crippen LogP contribution in [-0.4, -0.2) is 36.4 Å². The van der Waals surface area contributed by atoms with Gasteiger partial charge in [0.15, 0.2) is 8.32 Å². The quantitative estimate of drug-likeness (QED) is 0.661. The molecule has 3 heterocycles. The van der Waals surface area contributed by atoms with Crippen molar-refractivity contribution in [2.45, 2.75) is 63.9 Å². The maximum atomic E-state index is 12.1. The zero-order chi connectivity index (χ0) is 17.9. The minimum Gasteiger partial charge on any atom is -0.408 e. The van der Waals surface area contributed by atoms with Gasteiger partial charge in [0.2, 0.25) is 5.79 Å². The number of rotatable bonds is 3. The summed E-state index contributed by atoms with van der Waals surface area (Å²) < 4.78 is 19.6. The molecule has 1 spiro atoms. The smallest absolute Gasteiger partial charge is 0.330 e. The van der Waals surface area contributed by atoms with Gasteiger partial charge in [0, 0.05) is 18.2 Å². The molecule has 1 N–H and O–H groups in total. The van der Waals surface area contributed by atoms with E-state index in [2.05, 4.69) is 38.8 Å². The first kappa shape index (κ1) is 17.6. The van der Waals surface area contributed by atoms with Crippen LogP contribution in [0.2, 0.25) is 18.1 Å². The molecular weight excluding hydrogens is 328 g/mol. The Morgan fingerprint density at radius 2 is 2.00 bits per heavy atom. The van der Waals surface area contributed by atoms with Gasteiger partial charge in [0.1, 0.15) is 18.9 Å². The predicted octanol–water partition coefficient (Wildman–Crippen LogP) is 1.82. The number of nitrogens with zero attached hydrogens (tertiary/aromatic N) is 1. The maximum Gasteiger partial charge on any atom is 0.330 e. The van der Waals surface area contributed by atoms with Crippen molar-refractivity contribution < 1.29 is 13.9 Å². The van der Waals surface area contributed by atoms with Gasteiger partial charge < -0.3 is 13.9 Å². The topological polar surface area (TPSA) is 85.9 Å². The number of aromatic nitrogens is 2. The van der Waals surface area contributed by atoms with Crippen LogP contribution in [0.15, 0.2) is 21.9 Å². The number of ether oxygens (including phenoxy) is 2. The summed E-state index contributed by atoms with van der Waals surface area (Å²) in [7, 11) is -2.02. The van der Waals surface area contributed by atoms with Crippen LogP contribution in [0.3, 0.4) is 0 Å². The van der Waals surface area contributed by atoms with Crippen molar-refractivity contribution in [3.63, 3.8) is 0 Å². The molecule has 0 bridgehead atoms. The van der Waals surface area contributed by atoms with E-state index in [0.29, 0.717) is 6.61 Å². The Balaban J connectivity index is 1.90. The normalized spacial score (nSPS) is 33.2. The molecule has 7 nitrogen and oxygen atoms in total. The predicted molar refractivity (Wildman–Crippen MR) is 91.4 cm³/mol. The molecule has 1 aromatic heterocycles. The summed E-state index contributed by atoms with van der Waals surface area (Å²) in [6, 6.07) is 1.32. The highest BCUT2D eigenvalue weighted by Gasteiger charge is 2.65. The number of epoxide rings is 1. The largest absolute Gasteiger partial charge is 0.408 e. The molecule has 8 heteroatoms. The Bertz CT molecular complexity index is 744. The van der Waals surface area contributed by atoms with Crippen LogP contribution in [0.4, 0.5) is 0 Å². The fourth-order valence-electron chi connectivity index (χ4n) is 2.86. The van der Waals surface area contributed by atoms with Crippen molar-refractivity contribution >= 4 is 8.32 Å². The molecule has 0 aliphatic carbocycles. The van der Waals surface area contributed by atoms with Gasteiger partial charge in [0.25, 0.3) is 5.56 Å². The Kier molecular flexibility index (Phi) is 3.95. The fraction of sp³-hybridized carbons (Fsp3) is 0.750. The molecule has 2 fully saturated rings. The van der Waals surface area contributed by atoms with Gasteiger partial charge in [-0.05, 0) is 18.1 Å². The third kappa shape index (κ3) is 2.81. The molecule has 0 amide bonds. The zero-order valence-corrected chi connectivity index (χ0v) is 16.1.